The van der Waals surface area contributed by atoms with E-state index in [2.05, 4.69) is 16.7 Å². The number of halogens is 2. The Bertz CT molecular complexity index is 1030. The number of rotatable bonds is 7. The van der Waals surface area contributed by atoms with Crippen LogP contribution in [0.25, 0.3) is 11.4 Å². The van der Waals surface area contributed by atoms with E-state index in [0.29, 0.717) is 16.4 Å². The fourth-order valence-electron chi connectivity index (χ4n) is 2.33. The maximum atomic E-state index is 13.1. The second-order valence-corrected chi connectivity index (χ2v) is 7.93. The molecule has 0 amide bonds. The van der Waals surface area contributed by atoms with E-state index < -0.39 is 15.8 Å². The third-order valence-corrected chi connectivity index (χ3v) is 5.74. The smallest absolute Gasteiger partial charge is 0.243 e. The van der Waals surface area contributed by atoms with Gasteiger partial charge in [-0.25, -0.2) is 12.8 Å². The van der Waals surface area contributed by atoms with Crippen LogP contribution in [0.5, 0.6) is 0 Å². The van der Waals surface area contributed by atoms with Crippen molar-refractivity contribution in [2.75, 3.05) is 6.54 Å². The van der Waals surface area contributed by atoms with Crippen molar-refractivity contribution in [1.29, 1.82) is 0 Å². The van der Waals surface area contributed by atoms with Gasteiger partial charge >= 0.3 is 0 Å². The lowest BCUT2D eigenvalue weighted by Crippen LogP contribution is -2.31. The zero-order chi connectivity index (χ0) is 19.4. The number of nitrogens with zero attached hydrogens (tertiary/aromatic N) is 3. The number of hydrogen-bond acceptors (Lipinski definition) is 5. The minimum atomic E-state index is -3.89. The molecular formula is C18H15ClFN3O3S. The third-order valence-electron chi connectivity index (χ3n) is 3.67. The van der Waals surface area contributed by atoms with E-state index >= 15 is 0 Å². The van der Waals surface area contributed by atoms with Gasteiger partial charge in [-0.1, -0.05) is 22.8 Å². The molecule has 9 heteroatoms. The van der Waals surface area contributed by atoms with E-state index in [1.807, 2.05) is 0 Å². The topological polar surface area (TPSA) is 76.3 Å². The summed E-state index contributed by atoms with van der Waals surface area (Å²) in [7, 11) is -3.89. The Morgan fingerprint density at radius 1 is 1.15 bits per heavy atom. The Hall–Kier alpha value is -2.55. The first kappa shape index (κ1) is 19.2. The van der Waals surface area contributed by atoms with Gasteiger partial charge in [0.15, 0.2) is 0 Å². The lowest BCUT2D eigenvalue weighted by atomic mass is 10.2. The van der Waals surface area contributed by atoms with Gasteiger partial charge in [-0.15, -0.1) is 6.58 Å². The van der Waals surface area contributed by atoms with Crippen LogP contribution in [0, 0.1) is 5.82 Å². The highest BCUT2D eigenvalue weighted by Crippen LogP contribution is 2.21. The first-order chi connectivity index (χ1) is 12.9. The van der Waals surface area contributed by atoms with Crippen LogP contribution in [0.2, 0.25) is 5.02 Å². The molecule has 1 aromatic heterocycles. The van der Waals surface area contributed by atoms with E-state index in [9.17, 15) is 12.8 Å². The highest BCUT2D eigenvalue weighted by molar-refractivity contribution is 7.89. The predicted molar refractivity (Wildman–Crippen MR) is 98.9 cm³/mol. The minimum absolute atomic E-state index is 0.0262. The van der Waals surface area contributed by atoms with Crippen LogP contribution in [0.15, 0.2) is 70.6 Å². The Morgan fingerprint density at radius 3 is 2.44 bits per heavy atom. The molecule has 0 aliphatic carbocycles. The van der Waals surface area contributed by atoms with Crippen molar-refractivity contribution >= 4 is 21.6 Å². The molecule has 0 fully saturated rings. The molecule has 3 rings (SSSR count). The maximum Gasteiger partial charge on any atom is 0.243 e. The van der Waals surface area contributed by atoms with Gasteiger partial charge in [0.05, 0.1) is 11.4 Å². The summed E-state index contributed by atoms with van der Waals surface area (Å²) < 4.78 is 45.0. The lowest BCUT2D eigenvalue weighted by molar-refractivity contribution is 0.327. The van der Waals surface area contributed by atoms with Crippen molar-refractivity contribution in [2.45, 2.75) is 11.4 Å². The summed E-state index contributed by atoms with van der Waals surface area (Å²) >= 11 is 5.86. The molecule has 140 valence electrons. The number of hydrogen-bond donors (Lipinski definition) is 0. The highest BCUT2D eigenvalue weighted by atomic mass is 35.5. The van der Waals surface area contributed by atoms with Crippen LogP contribution in [0.4, 0.5) is 4.39 Å². The summed E-state index contributed by atoms with van der Waals surface area (Å²) in [5.74, 6) is -0.0828. The number of benzene rings is 2. The molecule has 27 heavy (non-hydrogen) atoms. The zero-order valence-electron chi connectivity index (χ0n) is 14.0. The predicted octanol–water partition coefficient (Wildman–Crippen LogP) is 3.91. The molecule has 6 nitrogen and oxygen atoms in total. The summed E-state index contributed by atoms with van der Waals surface area (Å²) in [6.45, 7) is 3.46. The first-order valence-corrected chi connectivity index (χ1v) is 9.67. The average molecular weight is 408 g/mol. The van der Waals surface area contributed by atoms with E-state index in [1.54, 1.807) is 24.3 Å². The van der Waals surface area contributed by atoms with E-state index in [0.717, 1.165) is 16.4 Å². The van der Waals surface area contributed by atoms with Crippen LogP contribution in [0.3, 0.4) is 0 Å². The van der Waals surface area contributed by atoms with Gasteiger partial charge in [0, 0.05) is 17.1 Å². The zero-order valence-corrected chi connectivity index (χ0v) is 15.6. The first-order valence-electron chi connectivity index (χ1n) is 7.85. The standard InChI is InChI=1S/C18H15ClFN3O3S/c1-2-11-23(27(24,25)16-9-7-15(20)8-10-16)12-17-21-18(22-26-17)13-3-5-14(19)6-4-13/h2-10H,1,11-12H2. The Morgan fingerprint density at radius 2 is 1.81 bits per heavy atom. The molecule has 2 aromatic carbocycles. The molecule has 0 spiro atoms. The fourth-order valence-corrected chi connectivity index (χ4v) is 3.82. The molecular weight excluding hydrogens is 393 g/mol. The lowest BCUT2D eigenvalue weighted by Gasteiger charge is -2.18. The van der Waals surface area contributed by atoms with E-state index in [-0.39, 0.29) is 23.9 Å². The molecule has 0 unspecified atom stereocenters. The average Bonchev–Trinajstić information content (AvgIpc) is 3.11. The van der Waals surface area contributed by atoms with Crippen molar-refractivity contribution in [1.82, 2.24) is 14.4 Å². The maximum absolute atomic E-state index is 13.1. The van der Waals surface area contributed by atoms with Gasteiger partial charge in [0.1, 0.15) is 5.82 Å². The second-order valence-electron chi connectivity index (χ2n) is 5.56. The van der Waals surface area contributed by atoms with Gasteiger partial charge in [-0.05, 0) is 48.5 Å². The molecule has 3 aromatic rings. The SMILES string of the molecule is C=CCN(Cc1nc(-c2ccc(Cl)cc2)no1)S(=O)(=O)c1ccc(F)cc1. The molecule has 0 saturated carbocycles. The third kappa shape index (κ3) is 4.41. The van der Waals surface area contributed by atoms with Crippen molar-refractivity contribution in [3.63, 3.8) is 0 Å². The molecule has 0 aliphatic heterocycles. The van der Waals surface area contributed by atoms with Crippen LogP contribution in [-0.2, 0) is 16.6 Å². The normalized spacial score (nSPS) is 11.7. The van der Waals surface area contributed by atoms with Crippen LogP contribution >= 0.6 is 11.6 Å². The van der Waals surface area contributed by atoms with Crippen LogP contribution in [0.1, 0.15) is 5.89 Å². The van der Waals surface area contributed by atoms with Gasteiger partial charge in [0.25, 0.3) is 0 Å². The van der Waals surface area contributed by atoms with Crippen LogP contribution in [-0.4, -0.2) is 29.4 Å². The van der Waals surface area contributed by atoms with Crippen molar-refractivity contribution in [3.8, 4) is 11.4 Å². The van der Waals surface area contributed by atoms with E-state index in [1.165, 1.54) is 18.2 Å². The Balaban J connectivity index is 1.85. The molecule has 0 aliphatic rings. The van der Waals surface area contributed by atoms with Crippen LogP contribution < -0.4 is 0 Å². The summed E-state index contributed by atoms with van der Waals surface area (Å²) in [6.07, 6.45) is 1.44. The molecule has 0 saturated heterocycles. The number of aromatic nitrogens is 2. The minimum Gasteiger partial charge on any atom is -0.338 e. The summed E-state index contributed by atoms with van der Waals surface area (Å²) in [5.41, 5.74) is 0.686. The molecule has 0 bridgehead atoms. The van der Waals surface area contributed by atoms with Crippen molar-refractivity contribution < 1.29 is 17.3 Å². The Kier molecular flexibility index (Phi) is 5.69. The molecule has 0 radical (unpaired) electrons. The fraction of sp³-hybridized carbons (Fsp3) is 0.111. The second kappa shape index (κ2) is 7.99. The van der Waals surface area contributed by atoms with Crippen molar-refractivity contribution in [2.24, 2.45) is 0 Å². The van der Waals surface area contributed by atoms with Gasteiger partial charge in [-0.3, -0.25) is 0 Å². The van der Waals surface area contributed by atoms with E-state index in [4.69, 9.17) is 16.1 Å². The molecule has 0 atom stereocenters. The van der Waals surface area contributed by atoms with Gasteiger partial charge < -0.3 is 4.52 Å². The molecule has 1 heterocycles. The monoisotopic (exact) mass is 407 g/mol. The van der Waals surface area contributed by atoms with Gasteiger partial charge in [-0.2, -0.15) is 9.29 Å². The van der Waals surface area contributed by atoms with Crippen molar-refractivity contribution in [3.05, 3.63) is 77.9 Å². The summed E-state index contributed by atoms with van der Waals surface area (Å²) in [6, 6.07) is 11.4. The molecule has 0 N–H and O–H groups in total. The number of sulfonamides is 1. The summed E-state index contributed by atoms with van der Waals surface area (Å²) in [4.78, 5) is 4.19. The Labute approximate surface area is 160 Å². The van der Waals surface area contributed by atoms with Gasteiger partial charge in [0.2, 0.25) is 21.7 Å². The highest BCUT2D eigenvalue weighted by Gasteiger charge is 2.26. The quantitative estimate of drug-likeness (QED) is 0.555. The summed E-state index contributed by atoms with van der Waals surface area (Å²) in [5, 5.41) is 4.44. The largest absolute Gasteiger partial charge is 0.338 e.